The van der Waals surface area contributed by atoms with Gasteiger partial charge in [0.15, 0.2) is 0 Å². The molecule has 1 saturated heterocycles. The fourth-order valence-corrected chi connectivity index (χ4v) is 4.35. The van der Waals surface area contributed by atoms with Crippen LogP contribution >= 0.6 is 0 Å². The van der Waals surface area contributed by atoms with E-state index in [1.165, 1.54) is 17.0 Å². The molecule has 0 aliphatic carbocycles. The van der Waals surface area contributed by atoms with Gasteiger partial charge in [-0.1, -0.05) is 24.3 Å². The minimum atomic E-state index is -4.39. The van der Waals surface area contributed by atoms with E-state index in [0.717, 1.165) is 12.1 Å². The van der Waals surface area contributed by atoms with Crippen LogP contribution in [0, 0.1) is 0 Å². The van der Waals surface area contributed by atoms with Crippen LogP contribution in [0.2, 0.25) is 0 Å². The number of nitrogens with zero attached hydrogens (tertiary/aromatic N) is 2. The summed E-state index contributed by atoms with van der Waals surface area (Å²) in [6.45, 7) is 1.77. The first-order chi connectivity index (χ1) is 15.1. The summed E-state index contributed by atoms with van der Waals surface area (Å²) in [5.74, 6) is -0.808. The van der Waals surface area contributed by atoms with E-state index >= 15 is 0 Å². The second-order valence-corrected chi connectivity index (χ2v) is 8.15. The van der Waals surface area contributed by atoms with E-state index in [-0.39, 0.29) is 31.3 Å². The van der Waals surface area contributed by atoms with Crippen molar-refractivity contribution in [1.82, 2.24) is 10.2 Å². The number of nitrogens with one attached hydrogen (secondary N) is 1. The van der Waals surface area contributed by atoms with Crippen molar-refractivity contribution in [2.75, 3.05) is 18.0 Å². The van der Waals surface area contributed by atoms with Crippen molar-refractivity contribution in [2.24, 2.45) is 0 Å². The van der Waals surface area contributed by atoms with E-state index in [9.17, 15) is 27.6 Å². The van der Waals surface area contributed by atoms with E-state index in [0.29, 0.717) is 29.7 Å². The first-order valence-electron chi connectivity index (χ1n) is 10.3. The maximum absolute atomic E-state index is 13.1. The van der Waals surface area contributed by atoms with Gasteiger partial charge in [0.05, 0.1) is 16.8 Å². The molecule has 0 spiro atoms. The van der Waals surface area contributed by atoms with Gasteiger partial charge in [0.2, 0.25) is 11.8 Å². The summed E-state index contributed by atoms with van der Waals surface area (Å²) in [5.41, 5.74) is -0.0639. The smallest absolute Gasteiger partial charge is 0.354 e. The molecule has 1 atom stereocenters. The first-order valence-corrected chi connectivity index (χ1v) is 10.3. The third-order valence-electron chi connectivity index (χ3n) is 6.06. The number of hydrogen-bond donors (Lipinski definition) is 1. The number of hydrogen-bond acceptors (Lipinski definition) is 3. The van der Waals surface area contributed by atoms with Crippen LogP contribution < -0.4 is 10.2 Å². The van der Waals surface area contributed by atoms with Crippen LogP contribution in [0.1, 0.15) is 41.3 Å². The average Bonchev–Trinajstić information content (AvgIpc) is 3.06. The van der Waals surface area contributed by atoms with E-state index in [1.54, 1.807) is 36.1 Å². The molecule has 1 fully saturated rings. The molecule has 0 radical (unpaired) electrons. The monoisotopic (exact) mass is 445 g/mol. The van der Waals surface area contributed by atoms with Crippen molar-refractivity contribution in [3.63, 3.8) is 0 Å². The van der Waals surface area contributed by atoms with Crippen molar-refractivity contribution in [3.8, 4) is 0 Å². The fraction of sp³-hybridized carbons (Fsp3) is 0.348. The standard InChI is InChI=1S/C23H22F3N3O3/c1-22-12-10-20(31)29(22)18-5-3-2-4-17(18)21(32)28(22)14-19(30)27-13-11-15-6-8-16(9-7-15)23(24,25)26/h2-9H,10-14H2,1H3,(H,27,30). The Morgan fingerprint density at radius 3 is 2.47 bits per heavy atom. The minimum absolute atomic E-state index is 0.0971. The van der Waals surface area contributed by atoms with E-state index in [1.807, 2.05) is 0 Å². The molecule has 0 saturated carbocycles. The summed E-state index contributed by atoms with van der Waals surface area (Å²) in [6.07, 6.45) is -3.34. The highest BCUT2D eigenvalue weighted by atomic mass is 19.4. The van der Waals surface area contributed by atoms with Gasteiger partial charge in [0.1, 0.15) is 12.2 Å². The number of benzene rings is 2. The van der Waals surface area contributed by atoms with Gasteiger partial charge < -0.3 is 10.2 Å². The van der Waals surface area contributed by atoms with Crippen LogP contribution in [-0.4, -0.2) is 41.4 Å². The van der Waals surface area contributed by atoms with Gasteiger partial charge in [-0.3, -0.25) is 19.3 Å². The molecule has 32 heavy (non-hydrogen) atoms. The zero-order chi connectivity index (χ0) is 23.1. The number of halogens is 3. The third-order valence-corrected chi connectivity index (χ3v) is 6.06. The van der Waals surface area contributed by atoms with E-state index in [4.69, 9.17) is 0 Å². The van der Waals surface area contributed by atoms with Crippen molar-refractivity contribution in [3.05, 3.63) is 65.2 Å². The molecule has 0 aromatic heterocycles. The molecule has 168 valence electrons. The Morgan fingerprint density at radius 2 is 1.78 bits per heavy atom. The third kappa shape index (κ3) is 3.83. The highest BCUT2D eigenvalue weighted by Gasteiger charge is 2.53. The van der Waals surface area contributed by atoms with Crippen LogP contribution in [0.3, 0.4) is 0 Å². The molecule has 9 heteroatoms. The number of anilines is 1. The number of fused-ring (bicyclic) bond motifs is 3. The Morgan fingerprint density at radius 1 is 1.09 bits per heavy atom. The van der Waals surface area contributed by atoms with Gasteiger partial charge in [-0.25, -0.2) is 0 Å². The summed E-state index contributed by atoms with van der Waals surface area (Å²) in [5, 5.41) is 2.72. The van der Waals surface area contributed by atoms with Crippen LogP contribution in [0.5, 0.6) is 0 Å². The number of carbonyl (C=O) groups excluding carboxylic acids is 3. The number of para-hydroxylation sites is 1. The number of amides is 3. The van der Waals surface area contributed by atoms with Crippen molar-refractivity contribution >= 4 is 23.4 Å². The normalized spacial score (nSPS) is 20.2. The van der Waals surface area contributed by atoms with Gasteiger partial charge in [-0.2, -0.15) is 13.2 Å². The zero-order valence-electron chi connectivity index (χ0n) is 17.4. The molecular formula is C23H22F3N3O3. The number of carbonyl (C=O) groups is 3. The Bertz CT molecular complexity index is 1070. The summed E-state index contributed by atoms with van der Waals surface area (Å²) >= 11 is 0. The maximum atomic E-state index is 13.1. The topological polar surface area (TPSA) is 69.7 Å². The summed E-state index contributed by atoms with van der Waals surface area (Å²) < 4.78 is 38.0. The lowest BCUT2D eigenvalue weighted by atomic mass is 9.98. The Kier molecular flexibility index (Phi) is 5.44. The van der Waals surface area contributed by atoms with Gasteiger partial charge in [0, 0.05) is 13.0 Å². The largest absolute Gasteiger partial charge is 0.416 e. The molecule has 1 unspecified atom stereocenters. The summed E-state index contributed by atoms with van der Waals surface area (Å²) in [6, 6.07) is 11.6. The lowest BCUT2D eigenvalue weighted by Gasteiger charge is -2.48. The van der Waals surface area contributed by atoms with Crippen LogP contribution in [0.25, 0.3) is 0 Å². The zero-order valence-corrected chi connectivity index (χ0v) is 17.4. The quantitative estimate of drug-likeness (QED) is 0.768. The fourth-order valence-electron chi connectivity index (χ4n) is 4.35. The van der Waals surface area contributed by atoms with Crippen molar-refractivity contribution < 1.29 is 27.6 Å². The Hall–Kier alpha value is -3.36. The molecule has 2 aliphatic rings. The SMILES string of the molecule is CC12CCC(=O)N1c1ccccc1C(=O)N2CC(=O)NCCc1ccc(C(F)(F)F)cc1. The predicted octanol–water partition coefficient (Wildman–Crippen LogP) is 3.36. The van der Waals surface area contributed by atoms with E-state index in [2.05, 4.69) is 5.32 Å². The second-order valence-electron chi connectivity index (χ2n) is 8.15. The summed E-state index contributed by atoms with van der Waals surface area (Å²) in [4.78, 5) is 41.3. The lowest BCUT2D eigenvalue weighted by Crippen LogP contribution is -2.63. The molecule has 2 heterocycles. The highest BCUT2D eigenvalue weighted by molar-refractivity contribution is 6.11. The van der Waals surface area contributed by atoms with Crippen molar-refractivity contribution in [1.29, 1.82) is 0 Å². The van der Waals surface area contributed by atoms with Gasteiger partial charge >= 0.3 is 6.18 Å². The average molecular weight is 445 g/mol. The molecule has 4 rings (SSSR count). The Balaban J connectivity index is 1.42. The van der Waals surface area contributed by atoms with Crippen molar-refractivity contribution in [2.45, 2.75) is 38.0 Å². The molecule has 3 amide bonds. The molecular weight excluding hydrogens is 423 g/mol. The second kappa shape index (κ2) is 7.96. The van der Waals surface area contributed by atoms with Crippen LogP contribution in [-0.2, 0) is 22.2 Å². The minimum Gasteiger partial charge on any atom is -0.354 e. The molecule has 6 nitrogen and oxygen atoms in total. The molecule has 2 aromatic rings. The van der Waals surface area contributed by atoms with Crippen LogP contribution in [0.4, 0.5) is 18.9 Å². The lowest BCUT2D eigenvalue weighted by molar-refractivity contribution is -0.137. The van der Waals surface area contributed by atoms with Gasteiger partial charge in [-0.15, -0.1) is 0 Å². The molecule has 1 N–H and O–H groups in total. The number of rotatable bonds is 5. The molecule has 2 aliphatic heterocycles. The van der Waals surface area contributed by atoms with Gasteiger partial charge in [0.25, 0.3) is 5.91 Å². The Labute approximate surface area is 183 Å². The summed E-state index contributed by atoms with van der Waals surface area (Å²) in [7, 11) is 0. The molecule has 2 aromatic carbocycles. The van der Waals surface area contributed by atoms with E-state index < -0.39 is 23.3 Å². The molecule has 0 bridgehead atoms. The maximum Gasteiger partial charge on any atom is 0.416 e. The predicted molar refractivity (Wildman–Crippen MR) is 111 cm³/mol. The van der Waals surface area contributed by atoms with Crippen LogP contribution in [0.15, 0.2) is 48.5 Å². The first kappa shape index (κ1) is 21.9. The highest BCUT2D eigenvalue weighted by Crippen LogP contribution is 2.43. The number of alkyl halides is 3. The van der Waals surface area contributed by atoms with Gasteiger partial charge in [-0.05, 0) is 49.6 Å².